The maximum atomic E-state index is 12.7. The molecule has 3 heterocycles. The van der Waals surface area contributed by atoms with Gasteiger partial charge in [-0.15, -0.1) is 11.3 Å². The predicted octanol–water partition coefficient (Wildman–Crippen LogP) is 3.65. The Hall–Kier alpha value is -2.97. The number of aromatic nitrogens is 4. The van der Waals surface area contributed by atoms with Crippen LogP contribution < -0.4 is 16.4 Å². The summed E-state index contributed by atoms with van der Waals surface area (Å²) >= 11 is 7.40. The van der Waals surface area contributed by atoms with Gasteiger partial charge in [0.05, 0.1) is 17.4 Å². The van der Waals surface area contributed by atoms with Crippen LogP contribution in [0.2, 0.25) is 5.15 Å². The lowest BCUT2D eigenvalue weighted by Gasteiger charge is -2.29. The molecule has 34 heavy (non-hydrogen) atoms. The molecular formula is C19H21ClF3N7O3S. The first-order valence-corrected chi connectivity index (χ1v) is 11.3. The number of carboxylic acid groups (broad SMARTS) is 1. The van der Waals surface area contributed by atoms with Gasteiger partial charge in [0.2, 0.25) is 0 Å². The highest BCUT2D eigenvalue weighted by molar-refractivity contribution is 7.17. The van der Waals surface area contributed by atoms with Crippen LogP contribution in [0.4, 0.5) is 24.7 Å². The number of hydrogen-bond acceptors (Lipinski definition) is 8. The summed E-state index contributed by atoms with van der Waals surface area (Å²) in [6.07, 6.45) is 2.59. The van der Waals surface area contributed by atoms with Crippen LogP contribution in [0.15, 0.2) is 17.8 Å². The summed E-state index contributed by atoms with van der Waals surface area (Å²) in [5.41, 5.74) is 7.68. The monoisotopic (exact) mass is 519 g/mol. The summed E-state index contributed by atoms with van der Waals surface area (Å²) in [6, 6.07) is 0.282. The van der Waals surface area contributed by atoms with Crippen molar-refractivity contribution in [2.45, 2.75) is 43.9 Å². The summed E-state index contributed by atoms with van der Waals surface area (Å²) in [5.74, 6) is -2.42. The minimum absolute atomic E-state index is 0.106. The average molecular weight is 520 g/mol. The highest BCUT2D eigenvalue weighted by atomic mass is 35.5. The number of carbonyl (C=O) groups is 2. The van der Waals surface area contributed by atoms with Crippen LogP contribution >= 0.6 is 22.9 Å². The van der Waals surface area contributed by atoms with Crippen LogP contribution in [0.25, 0.3) is 10.3 Å². The Morgan fingerprint density at radius 3 is 2.59 bits per heavy atom. The third-order valence-electron chi connectivity index (χ3n) is 4.95. The number of aryl methyl sites for hydroxylation is 1. The number of carbonyl (C=O) groups excluding carboxylic acids is 1. The van der Waals surface area contributed by atoms with Gasteiger partial charge in [-0.1, -0.05) is 24.4 Å². The Morgan fingerprint density at radius 1 is 1.32 bits per heavy atom. The number of nitrogens with zero attached hydrogens (tertiary/aromatic N) is 4. The quantitative estimate of drug-likeness (QED) is 0.408. The molecule has 0 saturated heterocycles. The second-order valence-corrected chi connectivity index (χ2v) is 8.74. The predicted molar refractivity (Wildman–Crippen MR) is 121 cm³/mol. The van der Waals surface area contributed by atoms with Crippen LogP contribution in [0.3, 0.4) is 0 Å². The highest BCUT2D eigenvalue weighted by Gasteiger charge is 2.38. The molecule has 184 valence electrons. The third-order valence-corrected chi connectivity index (χ3v) is 6.11. The number of nitrogens with one attached hydrogen (secondary N) is 2. The molecule has 0 aliphatic heterocycles. The lowest BCUT2D eigenvalue weighted by Crippen LogP contribution is -2.42. The largest absolute Gasteiger partial charge is 0.490 e. The van der Waals surface area contributed by atoms with Gasteiger partial charge in [0, 0.05) is 30.7 Å². The molecule has 10 nitrogen and oxygen atoms in total. The van der Waals surface area contributed by atoms with E-state index in [9.17, 15) is 18.0 Å². The molecule has 1 saturated carbocycles. The first-order chi connectivity index (χ1) is 16.0. The molecule has 0 aromatic carbocycles. The lowest BCUT2D eigenvalue weighted by atomic mass is 9.91. The zero-order valence-corrected chi connectivity index (χ0v) is 19.3. The third kappa shape index (κ3) is 6.33. The molecule has 5 N–H and O–H groups in total. The minimum atomic E-state index is -5.08. The average Bonchev–Trinajstić information content (AvgIpc) is 3.31. The highest BCUT2D eigenvalue weighted by Crippen LogP contribution is 2.27. The van der Waals surface area contributed by atoms with Crippen molar-refractivity contribution in [1.82, 2.24) is 19.7 Å². The Balaban J connectivity index is 0.000000406. The molecule has 0 unspecified atom stereocenters. The molecule has 2 atom stereocenters. The van der Waals surface area contributed by atoms with Gasteiger partial charge in [0.1, 0.15) is 16.2 Å². The van der Waals surface area contributed by atoms with E-state index in [0.717, 1.165) is 25.7 Å². The van der Waals surface area contributed by atoms with E-state index in [-0.39, 0.29) is 23.1 Å². The van der Waals surface area contributed by atoms with E-state index in [1.54, 1.807) is 29.5 Å². The number of rotatable bonds is 4. The van der Waals surface area contributed by atoms with Gasteiger partial charge in [-0.05, 0) is 12.8 Å². The Labute approximate surface area is 200 Å². The summed E-state index contributed by atoms with van der Waals surface area (Å²) in [6.45, 7) is 0. The van der Waals surface area contributed by atoms with Crippen molar-refractivity contribution in [2.24, 2.45) is 12.8 Å². The van der Waals surface area contributed by atoms with Gasteiger partial charge >= 0.3 is 12.1 Å². The van der Waals surface area contributed by atoms with Crippen LogP contribution in [-0.2, 0) is 11.8 Å². The molecular weight excluding hydrogens is 499 g/mol. The SMILES string of the molecule is Cn1cc(NC(=O)c2csc3ncc(N[C@@H]4CCCC[C@@H]4N)nc23)c(Cl)n1.O=C(O)C(F)(F)F. The number of amides is 1. The summed E-state index contributed by atoms with van der Waals surface area (Å²) in [7, 11) is 1.74. The summed E-state index contributed by atoms with van der Waals surface area (Å²) in [5, 5.41) is 19.3. The van der Waals surface area contributed by atoms with E-state index in [4.69, 9.17) is 27.2 Å². The van der Waals surface area contributed by atoms with E-state index in [0.29, 0.717) is 27.4 Å². The fraction of sp³-hybridized carbons (Fsp3) is 0.421. The first-order valence-electron chi connectivity index (χ1n) is 10.0. The number of thiophene rings is 1. The van der Waals surface area contributed by atoms with E-state index < -0.39 is 12.1 Å². The lowest BCUT2D eigenvalue weighted by molar-refractivity contribution is -0.192. The number of hydrogen-bond donors (Lipinski definition) is 4. The number of alkyl halides is 3. The Kier molecular flexibility index (Phi) is 7.94. The molecule has 0 radical (unpaired) electrons. The molecule has 3 aromatic rings. The van der Waals surface area contributed by atoms with Gasteiger partial charge in [0.25, 0.3) is 5.91 Å². The minimum Gasteiger partial charge on any atom is -0.475 e. The van der Waals surface area contributed by atoms with Crippen molar-refractivity contribution >= 4 is 56.7 Å². The van der Waals surface area contributed by atoms with Gasteiger partial charge in [0.15, 0.2) is 5.15 Å². The van der Waals surface area contributed by atoms with Crippen molar-refractivity contribution in [3.05, 3.63) is 28.5 Å². The normalized spacial score (nSPS) is 18.2. The molecule has 1 aliphatic rings. The van der Waals surface area contributed by atoms with E-state index in [1.807, 2.05) is 0 Å². The van der Waals surface area contributed by atoms with Gasteiger partial charge in [-0.2, -0.15) is 18.3 Å². The van der Waals surface area contributed by atoms with Crippen molar-refractivity contribution in [3.8, 4) is 0 Å². The second kappa shape index (κ2) is 10.5. The zero-order chi connectivity index (χ0) is 25.0. The Bertz CT molecular complexity index is 1180. The fourth-order valence-corrected chi connectivity index (χ4v) is 4.35. The van der Waals surface area contributed by atoms with Gasteiger partial charge in [-0.3, -0.25) is 9.48 Å². The number of fused-ring (bicyclic) bond motifs is 1. The Morgan fingerprint density at radius 2 is 2.00 bits per heavy atom. The van der Waals surface area contributed by atoms with Crippen LogP contribution in [0.1, 0.15) is 36.0 Å². The number of halogens is 4. The van der Waals surface area contributed by atoms with Crippen LogP contribution in [0, 0.1) is 0 Å². The maximum absolute atomic E-state index is 12.7. The molecule has 0 bridgehead atoms. The zero-order valence-electron chi connectivity index (χ0n) is 17.8. The molecule has 1 aliphatic carbocycles. The van der Waals surface area contributed by atoms with Gasteiger partial charge < -0.3 is 21.5 Å². The number of anilines is 2. The molecule has 4 rings (SSSR count). The van der Waals surface area contributed by atoms with Gasteiger partial charge in [-0.25, -0.2) is 14.8 Å². The number of carboxylic acids is 1. The van der Waals surface area contributed by atoms with Crippen LogP contribution in [-0.4, -0.2) is 55.0 Å². The molecule has 15 heteroatoms. The fourth-order valence-electron chi connectivity index (χ4n) is 3.30. The first kappa shape index (κ1) is 25.6. The van der Waals surface area contributed by atoms with Crippen LogP contribution in [0.5, 0.6) is 0 Å². The van der Waals surface area contributed by atoms with E-state index >= 15 is 0 Å². The van der Waals surface area contributed by atoms with Crippen molar-refractivity contribution in [3.63, 3.8) is 0 Å². The smallest absolute Gasteiger partial charge is 0.475 e. The van der Waals surface area contributed by atoms with Crippen molar-refractivity contribution < 1.29 is 27.9 Å². The summed E-state index contributed by atoms with van der Waals surface area (Å²) < 4.78 is 33.3. The molecule has 3 aromatic heterocycles. The maximum Gasteiger partial charge on any atom is 0.490 e. The second-order valence-electron chi connectivity index (χ2n) is 7.52. The molecule has 1 amide bonds. The topological polar surface area (TPSA) is 148 Å². The molecule has 0 spiro atoms. The van der Waals surface area contributed by atoms with Crippen molar-refractivity contribution in [2.75, 3.05) is 10.6 Å². The number of aliphatic carboxylic acids is 1. The van der Waals surface area contributed by atoms with Crippen molar-refractivity contribution in [1.29, 1.82) is 0 Å². The van der Waals surface area contributed by atoms with E-state index in [1.165, 1.54) is 11.3 Å². The standard InChI is InChI=1S/C17H20ClN7OS.C2HF3O2/c1-25-7-12(15(18)24-25)22-16(26)9-8-27-17-14(9)23-13(6-20-17)21-11-5-3-2-4-10(11)19;3-2(4,5)1(6)7/h6-8,10-11H,2-5,19H2,1H3,(H,21,23)(H,22,26);(H,6,7)/t10-,11+;/m0./s1. The molecule has 1 fully saturated rings. The summed E-state index contributed by atoms with van der Waals surface area (Å²) in [4.78, 5) is 31.4. The number of nitrogens with two attached hydrogens (primary N) is 1. The van der Waals surface area contributed by atoms with E-state index in [2.05, 4.69) is 25.7 Å².